The van der Waals surface area contributed by atoms with Crippen LogP contribution in [0.25, 0.3) is 0 Å². The first-order chi connectivity index (χ1) is 12.0. The molecule has 0 radical (unpaired) electrons. The fourth-order valence-electron chi connectivity index (χ4n) is 1.96. The highest BCUT2D eigenvalue weighted by Crippen LogP contribution is 2.27. The molecule has 2 N–H and O–H groups in total. The molecule has 0 saturated heterocycles. The van der Waals surface area contributed by atoms with E-state index in [4.69, 9.17) is 9.84 Å². The molecule has 8 heteroatoms. The Hall–Kier alpha value is -3.42. The number of benzene rings is 2. The predicted molar refractivity (Wildman–Crippen MR) is 93.5 cm³/mol. The van der Waals surface area contributed by atoms with Crippen LogP contribution in [0.15, 0.2) is 47.6 Å². The lowest BCUT2D eigenvalue weighted by Crippen LogP contribution is -2.00. The molecule has 2 aromatic carbocycles. The summed E-state index contributed by atoms with van der Waals surface area (Å²) in [6.07, 6.45) is 2.19. The molecule has 0 aliphatic carbocycles. The SMILES string of the molecule is CCCOc1ccc(C=NNc2ccc(C(=O)O)cc2)cc1[N+](=O)[O-]. The Morgan fingerprint density at radius 1 is 1.32 bits per heavy atom. The molecule has 2 rings (SSSR count). The van der Waals surface area contributed by atoms with Gasteiger partial charge < -0.3 is 9.84 Å². The van der Waals surface area contributed by atoms with Crippen molar-refractivity contribution >= 4 is 23.6 Å². The van der Waals surface area contributed by atoms with Gasteiger partial charge in [0.15, 0.2) is 5.75 Å². The number of ether oxygens (including phenoxy) is 1. The molecule has 0 aliphatic heterocycles. The van der Waals surface area contributed by atoms with Crippen molar-refractivity contribution in [3.8, 4) is 5.75 Å². The Balaban J connectivity index is 2.08. The first-order valence-corrected chi connectivity index (χ1v) is 7.55. The minimum absolute atomic E-state index is 0.122. The standard InChI is InChI=1S/C17H17N3O5/c1-2-9-25-16-8-3-12(10-15(16)20(23)24)11-18-19-14-6-4-13(5-7-14)17(21)22/h3-8,10-11,19H,2,9H2,1H3,(H,21,22). The molecule has 0 spiro atoms. The van der Waals surface area contributed by atoms with Crippen LogP contribution >= 0.6 is 0 Å². The molecule has 0 bridgehead atoms. The van der Waals surface area contributed by atoms with Crippen molar-refractivity contribution in [1.29, 1.82) is 0 Å². The minimum Gasteiger partial charge on any atom is -0.487 e. The summed E-state index contributed by atoms with van der Waals surface area (Å²) in [6, 6.07) is 10.6. The van der Waals surface area contributed by atoms with Gasteiger partial charge in [-0.25, -0.2) is 4.79 Å². The van der Waals surface area contributed by atoms with Gasteiger partial charge in [0.2, 0.25) is 0 Å². The van der Waals surface area contributed by atoms with Crippen molar-refractivity contribution < 1.29 is 19.6 Å². The van der Waals surface area contributed by atoms with E-state index in [2.05, 4.69) is 10.5 Å². The molecule has 0 aliphatic rings. The van der Waals surface area contributed by atoms with Crippen LogP contribution in [-0.2, 0) is 0 Å². The maximum absolute atomic E-state index is 11.1. The number of nitro benzene ring substituents is 1. The van der Waals surface area contributed by atoms with Crippen LogP contribution in [0.5, 0.6) is 5.75 Å². The third-order valence-electron chi connectivity index (χ3n) is 3.18. The van der Waals surface area contributed by atoms with E-state index in [1.54, 1.807) is 18.2 Å². The Bertz CT molecular complexity index is 787. The molecule has 0 amide bonds. The van der Waals surface area contributed by atoms with Crippen molar-refractivity contribution in [2.45, 2.75) is 13.3 Å². The van der Waals surface area contributed by atoms with E-state index in [1.165, 1.54) is 30.5 Å². The molecule has 2 aromatic rings. The number of hydrogen-bond donors (Lipinski definition) is 2. The van der Waals surface area contributed by atoms with Crippen molar-refractivity contribution in [2.75, 3.05) is 12.0 Å². The zero-order valence-corrected chi connectivity index (χ0v) is 13.5. The van der Waals surface area contributed by atoms with E-state index in [0.717, 1.165) is 6.42 Å². The summed E-state index contributed by atoms with van der Waals surface area (Å²) in [5, 5.41) is 24.0. The Kier molecular flexibility index (Phi) is 6.05. The first kappa shape index (κ1) is 17.9. The van der Waals surface area contributed by atoms with Gasteiger partial charge in [-0.1, -0.05) is 6.92 Å². The lowest BCUT2D eigenvalue weighted by molar-refractivity contribution is -0.385. The zero-order valence-electron chi connectivity index (χ0n) is 13.5. The highest BCUT2D eigenvalue weighted by Gasteiger charge is 2.15. The van der Waals surface area contributed by atoms with Gasteiger partial charge in [-0.2, -0.15) is 5.10 Å². The molecule has 0 fully saturated rings. The normalized spacial score (nSPS) is 10.6. The molecule has 130 valence electrons. The molecule has 0 atom stereocenters. The van der Waals surface area contributed by atoms with Gasteiger partial charge in [0.1, 0.15) is 0 Å². The summed E-state index contributed by atoms with van der Waals surface area (Å²) in [4.78, 5) is 21.4. The van der Waals surface area contributed by atoms with Gasteiger partial charge in [-0.3, -0.25) is 15.5 Å². The molecule has 0 unspecified atom stereocenters. The van der Waals surface area contributed by atoms with E-state index in [1.807, 2.05) is 6.92 Å². The monoisotopic (exact) mass is 343 g/mol. The average Bonchev–Trinajstić information content (AvgIpc) is 2.60. The maximum atomic E-state index is 11.1. The van der Waals surface area contributed by atoms with E-state index >= 15 is 0 Å². The summed E-state index contributed by atoms with van der Waals surface area (Å²) in [6.45, 7) is 2.32. The average molecular weight is 343 g/mol. The Morgan fingerprint density at radius 2 is 2.04 bits per heavy atom. The summed E-state index contributed by atoms with van der Waals surface area (Å²) in [7, 11) is 0. The van der Waals surface area contributed by atoms with Crippen LogP contribution < -0.4 is 10.2 Å². The largest absolute Gasteiger partial charge is 0.487 e. The van der Waals surface area contributed by atoms with E-state index in [9.17, 15) is 14.9 Å². The number of aromatic carboxylic acids is 1. The van der Waals surface area contributed by atoms with Crippen LogP contribution in [0.4, 0.5) is 11.4 Å². The lowest BCUT2D eigenvalue weighted by atomic mass is 10.2. The number of nitro groups is 1. The minimum atomic E-state index is -1.01. The Labute approximate surface area is 143 Å². The number of carboxylic acids is 1. The highest BCUT2D eigenvalue weighted by atomic mass is 16.6. The van der Waals surface area contributed by atoms with E-state index in [-0.39, 0.29) is 17.0 Å². The fraction of sp³-hybridized carbons (Fsp3) is 0.176. The quantitative estimate of drug-likeness (QED) is 0.430. The number of nitrogens with one attached hydrogen (secondary N) is 1. The van der Waals surface area contributed by atoms with Crippen molar-refractivity contribution in [1.82, 2.24) is 0 Å². The first-order valence-electron chi connectivity index (χ1n) is 7.55. The third kappa shape index (κ3) is 5.03. The topological polar surface area (TPSA) is 114 Å². The number of nitrogens with zero attached hydrogens (tertiary/aromatic N) is 2. The van der Waals surface area contributed by atoms with Crippen molar-refractivity contribution in [3.63, 3.8) is 0 Å². The number of rotatable bonds is 8. The van der Waals surface area contributed by atoms with Gasteiger partial charge in [0.05, 0.1) is 29.0 Å². The van der Waals surface area contributed by atoms with Gasteiger partial charge in [-0.15, -0.1) is 0 Å². The molecule has 8 nitrogen and oxygen atoms in total. The number of anilines is 1. The molecule has 0 aromatic heterocycles. The highest BCUT2D eigenvalue weighted by molar-refractivity contribution is 5.88. The summed E-state index contributed by atoms with van der Waals surface area (Å²) < 4.78 is 5.36. The van der Waals surface area contributed by atoms with Crippen molar-refractivity contribution in [2.24, 2.45) is 5.10 Å². The van der Waals surface area contributed by atoms with Crippen LogP contribution in [-0.4, -0.2) is 28.8 Å². The molecule has 25 heavy (non-hydrogen) atoms. The van der Waals surface area contributed by atoms with Gasteiger partial charge in [0.25, 0.3) is 0 Å². The predicted octanol–water partition coefficient (Wildman–Crippen LogP) is 3.53. The number of carbonyl (C=O) groups is 1. The number of hydrogen-bond acceptors (Lipinski definition) is 6. The van der Waals surface area contributed by atoms with Gasteiger partial charge in [0, 0.05) is 11.6 Å². The second kappa shape index (κ2) is 8.44. The second-order valence-electron chi connectivity index (χ2n) is 5.09. The number of carboxylic acid groups (broad SMARTS) is 1. The molecule has 0 heterocycles. The Morgan fingerprint density at radius 3 is 2.64 bits per heavy atom. The van der Waals surface area contributed by atoms with Crippen LogP contribution in [0.1, 0.15) is 29.3 Å². The van der Waals surface area contributed by atoms with Gasteiger partial charge in [-0.05, 0) is 42.8 Å². The smallest absolute Gasteiger partial charge is 0.335 e. The second-order valence-corrected chi connectivity index (χ2v) is 5.09. The summed E-state index contributed by atoms with van der Waals surface area (Å²) in [5.74, 6) is -0.783. The zero-order chi connectivity index (χ0) is 18.2. The van der Waals surface area contributed by atoms with Crippen LogP contribution in [0.3, 0.4) is 0 Å². The molecular formula is C17H17N3O5. The van der Waals surface area contributed by atoms with Gasteiger partial charge >= 0.3 is 11.7 Å². The summed E-state index contributed by atoms with van der Waals surface area (Å²) >= 11 is 0. The number of hydrazone groups is 1. The third-order valence-corrected chi connectivity index (χ3v) is 3.18. The maximum Gasteiger partial charge on any atom is 0.335 e. The summed E-state index contributed by atoms with van der Waals surface area (Å²) in [5.41, 5.74) is 3.91. The fourth-order valence-corrected chi connectivity index (χ4v) is 1.96. The molecular weight excluding hydrogens is 326 g/mol. The lowest BCUT2D eigenvalue weighted by Gasteiger charge is -2.06. The van der Waals surface area contributed by atoms with Crippen molar-refractivity contribution in [3.05, 3.63) is 63.7 Å². The van der Waals surface area contributed by atoms with E-state index in [0.29, 0.717) is 17.9 Å². The van der Waals surface area contributed by atoms with E-state index < -0.39 is 10.9 Å². The van der Waals surface area contributed by atoms with Crippen LogP contribution in [0, 0.1) is 10.1 Å². The molecule has 0 saturated carbocycles. The van der Waals surface area contributed by atoms with Crippen LogP contribution in [0.2, 0.25) is 0 Å².